The van der Waals surface area contributed by atoms with Crippen LogP contribution in [0.1, 0.15) is 38.2 Å². The number of alkyl halides is 3. The van der Waals surface area contributed by atoms with E-state index in [1.165, 1.54) is 31.4 Å². The monoisotopic (exact) mass is 358 g/mol. The smallest absolute Gasteiger partial charge is 0.376 e. The van der Waals surface area contributed by atoms with Crippen molar-refractivity contribution in [3.05, 3.63) is 29.8 Å². The van der Waals surface area contributed by atoms with Crippen LogP contribution in [0.5, 0.6) is 0 Å². The van der Waals surface area contributed by atoms with Gasteiger partial charge in [-0.2, -0.15) is 13.2 Å². The Bertz CT molecular complexity index is 563. The zero-order valence-corrected chi connectivity index (χ0v) is 14.4. The van der Waals surface area contributed by atoms with Crippen LogP contribution in [-0.4, -0.2) is 31.7 Å². The van der Waals surface area contributed by atoms with E-state index in [0.29, 0.717) is 19.1 Å². The van der Waals surface area contributed by atoms with E-state index in [4.69, 9.17) is 4.74 Å². The second-order valence-corrected chi connectivity index (χ2v) is 6.45. The van der Waals surface area contributed by atoms with Crippen molar-refractivity contribution in [2.45, 2.75) is 44.9 Å². The van der Waals surface area contributed by atoms with E-state index in [2.05, 4.69) is 17.6 Å². The van der Waals surface area contributed by atoms with Crippen molar-refractivity contribution in [3.63, 3.8) is 0 Å². The van der Waals surface area contributed by atoms with Gasteiger partial charge in [-0.15, -0.1) is 0 Å². The molecule has 1 saturated carbocycles. The van der Waals surface area contributed by atoms with Gasteiger partial charge in [0.15, 0.2) is 0 Å². The zero-order valence-electron chi connectivity index (χ0n) is 14.4. The first-order valence-electron chi connectivity index (χ1n) is 8.65. The zero-order chi connectivity index (χ0) is 18.3. The van der Waals surface area contributed by atoms with Crippen molar-refractivity contribution < 1.29 is 22.7 Å². The van der Waals surface area contributed by atoms with E-state index < -0.39 is 11.7 Å². The van der Waals surface area contributed by atoms with Crippen LogP contribution >= 0.6 is 0 Å². The molecule has 2 rings (SSSR count). The lowest BCUT2D eigenvalue weighted by atomic mass is 9.88. The summed E-state index contributed by atoms with van der Waals surface area (Å²) in [5.41, 5.74) is -0.481. The second kappa shape index (κ2) is 9.08. The van der Waals surface area contributed by atoms with E-state index in [9.17, 15) is 18.0 Å². The first-order valence-corrected chi connectivity index (χ1v) is 8.65. The minimum Gasteiger partial charge on any atom is -0.376 e. The lowest BCUT2D eigenvalue weighted by Gasteiger charge is -2.28. The summed E-state index contributed by atoms with van der Waals surface area (Å²) in [6.45, 7) is 2.94. The van der Waals surface area contributed by atoms with E-state index >= 15 is 0 Å². The fourth-order valence-corrected chi connectivity index (χ4v) is 2.98. The summed E-state index contributed by atoms with van der Waals surface area (Å²) < 4.78 is 43.7. The molecule has 4 nitrogen and oxygen atoms in total. The summed E-state index contributed by atoms with van der Waals surface area (Å²) in [5.74, 6) is 0.268. The maximum atomic E-state index is 12.6. The summed E-state index contributed by atoms with van der Waals surface area (Å²) in [5, 5.41) is 5.40. The average Bonchev–Trinajstić information content (AvgIpc) is 2.58. The van der Waals surface area contributed by atoms with Crippen LogP contribution in [0, 0.1) is 5.92 Å². The Labute approximate surface area is 146 Å². The molecule has 0 spiro atoms. The van der Waals surface area contributed by atoms with Gasteiger partial charge in [-0.25, -0.2) is 0 Å². The van der Waals surface area contributed by atoms with Gasteiger partial charge in [-0.05, 0) is 37.0 Å². The number of carbonyl (C=O) groups excluding carboxylic acids is 1. The van der Waals surface area contributed by atoms with Crippen LogP contribution in [0.25, 0.3) is 0 Å². The van der Waals surface area contributed by atoms with Crippen molar-refractivity contribution in [1.29, 1.82) is 0 Å². The van der Waals surface area contributed by atoms with Gasteiger partial charge in [-0.1, -0.05) is 25.8 Å². The van der Waals surface area contributed by atoms with Crippen LogP contribution in [0.15, 0.2) is 24.3 Å². The number of hydrogen-bond donors (Lipinski definition) is 2. The quantitative estimate of drug-likeness (QED) is 0.729. The van der Waals surface area contributed by atoms with Crippen molar-refractivity contribution in [2.24, 2.45) is 5.92 Å². The van der Waals surface area contributed by atoms with Gasteiger partial charge in [0.05, 0.1) is 24.8 Å². The SMILES string of the molecule is CC1CCCCC1OCCNC(=O)CNc1cccc(C(F)(F)F)c1. The van der Waals surface area contributed by atoms with Gasteiger partial charge in [0.2, 0.25) is 5.91 Å². The number of rotatable bonds is 7. The molecule has 0 bridgehead atoms. The van der Waals surface area contributed by atoms with Gasteiger partial charge < -0.3 is 15.4 Å². The third-order valence-electron chi connectivity index (χ3n) is 4.43. The third kappa shape index (κ3) is 6.57. The number of carbonyl (C=O) groups is 1. The summed E-state index contributed by atoms with van der Waals surface area (Å²) >= 11 is 0. The number of anilines is 1. The first-order chi connectivity index (χ1) is 11.9. The molecule has 1 aliphatic carbocycles. The third-order valence-corrected chi connectivity index (χ3v) is 4.43. The van der Waals surface area contributed by atoms with Gasteiger partial charge in [0.25, 0.3) is 0 Å². The van der Waals surface area contributed by atoms with E-state index in [1.54, 1.807) is 0 Å². The summed E-state index contributed by atoms with van der Waals surface area (Å²) in [6.07, 6.45) is 0.535. The van der Waals surface area contributed by atoms with E-state index in [1.807, 2.05) is 0 Å². The number of amides is 1. The van der Waals surface area contributed by atoms with Gasteiger partial charge in [-0.3, -0.25) is 4.79 Å². The maximum Gasteiger partial charge on any atom is 0.416 e. The van der Waals surface area contributed by atoms with E-state index in [-0.39, 0.29) is 24.2 Å². The molecule has 1 aromatic carbocycles. The minimum absolute atomic E-state index is 0.0822. The molecule has 1 aliphatic rings. The van der Waals surface area contributed by atoms with Crippen LogP contribution in [0.3, 0.4) is 0 Å². The fraction of sp³-hybridized carbons (Fsp3) is 0.611. The molecule has 2 N–H and O–H groups in total. The van der Waals surface area contributed by atoms with Gasteiger partial charge in [0.1, 0.15) is 0 Å². The second-order valence-electron chi connectivity index (χ2n) is 6.45. The molecule has 0 aromatic heterocycles. The predicted octanol–water partition coefficient (Wildman–Crippen LogP) is 3.83. The van der Waals surface area contributed by atoms with Gasteiger partial charge in [0, 0.05) is 12.2 Å². The molecule has 25 heavy (non-hydrogen) atoms. The molecule has 0 heterocycles. The highest BCUT2D eigenvalue weighted by atomic mass is 19.4. The molecular weight excluding hydrogens is 333 g/mol. The van der Waals surface area contributed by atoms with Crippen molar-refractivity contribution >= 4 is 11.6 Å². The van der Waals surface area contributed by atoms with Crippen molar-refractivity contribution in [3.8, 4) is 0 Å². The Hall–Kier alpha value is -1.76. The highest BCUT2D eigenvalue weighted by molar-refractivity contribution is 5.80. The Morgan fingerprint density at radius 2 is 2.04 bits per heavy atom. The van der Waals surface area contributed by atoms with Crippen molar-refractivity contribution in [2.75, 3.05) is 25.0 Å². The predicted molar refractivity (Wildman–Crippen MR) is 90.3 cm³/mol. The Balaban J connectivity index is 1.65. The summed E-state index contributed by atoms with van der Waals surface area (Å²) in [4.78, 5) is 11.8. The van der Waals surface area contributed by atoms with Crippen LogP contribution in [-0.2, 0) is 15.7 Å². The molecule has 2 atom stereocenters. The Morgan fingerprint density at radius 3 is 2.76 bits per heavy atom. The Morgan fingerprint density at radius 1 is 1.28 bits per heavy atom. The Kier molecular flexibility index (Phi) is 7.11. The number of hydrogen-bond acceptors (Lipinski definition) is 3. The molecule has 1 aromatic rings. The lowest BCUT2D eigenvalue weighted by Crippen LogP contribution is -2.34. The minimum atomic E-state index is -4.40. The average molecular weight is 358 g/mol. The number of halogens is 3. The van der Waals surface area contributed by atoms with Crippen molar-refractivity contribution in [1.82, 2.24) is 5.32 Å². The van der Waals surface area contributed by atoms with Crippen LogP contribution in [0.4, 0.5) is 18.9 Å². The molecule has 1 amide bonds. The molecule has 1 fully saturated rings. The highest BCUT2D eigenvalue weighted by Crippen LogP contribution is 2.30. The largest absolute Gasteiger partial charge is 0.416 e. The number of nitrogens with one attached hydrogen (secondary N) is 2. The molecule has 0 radical (unpaired) electrons. The highest BCUT2D eigenvalue weighted by Gasteiger charge is 2.30. The summed E-state index contributed by atoms with van der Waals surface area (Å²) in [7, 11) is 0. The topological polar surface area (TPSA) is 50.4 Å². The summed E-state index contributed by atoms with van der Waals surface area (Å²) in [6, 6.07) is 4.79. The molecule has 140 valence electrons. The van der Waals surface area contributed by atoms with Gasteiger partial charge >= 0.3 is 6.18 Å². The molecule has 0 aliphatic heterocycles. The molecule has 2 unspecified atom stereocenters. The normalized spacial score (nSPS) is 21.0. The molecular formula is C18H25F3N2O2. The maximum absolute atomic E-state index is 12.6. The number of ether oxygens (including phenoxy) is 1. The molecule has 7 heteroatoms. The number of benzene rings is 1. The first kappa shape index (κ1) is 19.6. The fourth-order valence-electron chi connectivity index (χ4n) is 2.98. The van der Waals surface area contributed by atoms with E-state index in [0.717, 1.165) is 18.6 Å². The standard InChI is InChI=1S/C18H25F3N2O2/c1-13-5-2-3-8-16(13)25-10-9-22-17(24)12-23-15-7-4-6-14(11-15)18(19,20)21/h4,6-7,11,13,16,23H,2-3,5,8-10,12H2,1H3,(H,22,24). The van der Waals surface area contributed by atoms with Crippen LogP contribution in [0.2, 0.25) is 0 Å². The van der Waals surface area contributed by atoms with Crippen LogP contribution < -0.4 is 10.6 Å². The molecule has 0 saturated heterocycles. The lowest BCUT2D eigenvalue weighted by molar-refractivity contribution is -0.137.